The third kappa shape index (κ3) is 6.05. The second-order valence-electron chi connectivity index (χ2n) is 6.75. The van der Waals surface area contributed by atoms with Gasteiger partial charge >= 0.3 is 11.7 Å². The molecule has 1 atom stereocenters. The maximum Gasteiger partial charge on any atom is 0.501 e. The summed E-state index contributed by atoms with van der Waals surface area (Å²) in [6.45, 7) is 1.40. The molecule has 0 bridgehead atoms. The Morgan fingerprint density at radius 2 is 1.74 bits per heavy atom. The monoisotopic (exact) mass is 561 g/mol. The predicted octanol–water partition coefficient (Wildman–Crippen LogP) is 4.23. The second kappa shape index (κ2) is 10.0. The maximum atomic E-state index is 12.9. The Morgan fingerprint density at radius 3 is 2.29 bits per heavy atom. The highest BCUT2D eigenvalue weighted by atomic mass is 35.5. The Labute approximate surface area is 205 Å². The van der Waals surface area contributed by atoms with Gasteiger partial charge in [0.05, 0.1) is 16.5 Å². The molecule has 0 saturated carbocycles. The number of pyridine rings is 1. The van der Waals surface area contributed by atoms with Crippen LogP contribution < -0.4 is 5.32 Å². The van der Waals surface area contributed by atoms with Crippen LogP contribution in [0, 0.1) is 0 Å². The van der Waals surface area contributed by atoms with Gasteiger partial charge in [-0.2, -0.15) is 49.6 Å². The van der Waals surface area contributed by atoms with Gasteiger partial charge in [-0.1, -0.05) is 11.6 Å². The molecule has 3 rings (SSSR count). The van der Waals surface area contributed by atoms with E-state index in [1.54, 1.807) is 0 Å². The van der Waals surface area contributed by atoms with E-state index in [-0.39, 0.29) is 25.1 Å². The summed E-state index contributed by atoms with van der Waals surface area (Å²) >= 11 is 5.71. The molecule has 0 aliphatic heterocycles. The smallest absolute Gasteiger partial charge is 0.342 e. The van der Waals surface area contributed by atoms with Crippen molar-refractivity contribution in [1.82, 2.24) is 25.1 Å². The minimum absolute atomic E-state index is 0. The first kappa shape index (κ1) is 28.4. The number of amides is 1. The standard InChI is InChI=1S/C18H12ClF6N5O3S.H2S/c1-9(15-27-8-28-30(15)14-3-2-11(7-26-14)17(20,21)22)29-16(31)10-4-12(19)6-13(5-10)34(32,33)18(23,24)25;/h2-9H,1H3,(H,29,31);1H2/t9-;/m1./s1. The number of nitrogens with one attached hydrogen (secondary N) is 1. The van der Waals surface area contributed by atoms with Crippen LogP contribution in [-0.2, 0) is 16.0 Å². The van der Waals surface area contributed by atoms with E-state index in [1.165, 1.54) is 6.92 Å². The van der Waals surface area contributed by atoms with Gasteiger partial charge in [-0.15, -0.1) is 0 Å². The number of benzene rings is 1. The number of hydrogen-bond donors (Lipinski definition) is 1. The van der Waals surface area contributed by atoms with E-state index in [4.69, 9.17) is 11.6 Å². The van der Waals surface area contributed by atoms with Crippen molar-refractivity contribution in [2.75, 3.05) is 0 Å². The summed E-state index contributed by atoms with van der Waals surface area (Å²) < 4.78 is 101. The first-order valence-electron chi connectivity index (χ1n) is 8.97. The van der Waals surface area contributed by atoms with E-state index in [2.05, 4.69) is 20.4 Å². The third-order valence-electron chi connectivity index (χ3n) is 4.35. The first-order valence-corrected chi connectivity index (χ1v) is 10.8. The minimum Gasteiger partial charge on any atom is -0.342 e. The van der Waals surface area contributed by atoms with E-state index in [1.807, 2.05) is 0 Å². The molecule has 0 unspecified atom stereocenters. The number of nitrogens with zero attached hydrogens (tertiary/aromatic N) is 4. The molecule has 0 saturated heterocycles. The number of rotatable bonds is 5. The minimum atomic E-state index is -5.76. The molecule has 0 aliphatic carbocycles. The lowest BCUT2D eigenvalue weighted by Gasteiger charge is -2.15. The average molecular weight is 562 g/mol. The van der Waals surface area contributed by atoms with Crippen LogP contribution in [0.5, 0.6) is 0 Å². The van der Waals surface area contributed by atoms with E-state index in [0.29, 0.717) is 18.3 Å². The Hall–Kier alpha value is -2.85. The molecular weight excluding hydrogens is 548 g/mol. The van der Waals surface area contributed by atoms with Gasteiger partial charge in [-0.3, -0.25) is 4.79 Å². The number of carbonyl (C=O) groups is 1. The van der Waals surface area contributed by atoms with Gasteiger partial charge < -0.3 is 5.32 Å². The molecule has 2 aromatic heterocycles. The summed E-state index contributed by atoms with van der Waals surface area (Å²) in [6, 6.07) is 2.84. The van der Waals surface area contributed by atoms with Crippen molar-refractivity contribution in [2.45, 2.75) is 29.5 Å². The van der Waals surface area contributed by atoms with Crippen LogP contribution >= 0.6 is 25.1 Å². The fourth-order valence-corrected chi connectivity index (χ4v) is 3.86. The molecule has 190 valence electrons. The summed E-state index contributed by atoms with van der Waals surface area (Å²) in [7, 11) is -5.76. The molecule has 1 aromatic carbocycles. The second-order valence-corrected chi connectivity index (χ2v) is 9.13. The van der Waals surface area contributed by atoms with Gasteiger partial charge in [-0.05, 0) is 37.3 Å². The van der Waals surface area contributed by atoms with E-state index < -0.39 is 54.5 Å². The van der Waals surface area contributed by atoms with Crippen LogP contribution in [0.15, 0.2) is 47.8 Å². The van der Waals surface area contributed by atoms with Crippen molar-refractivity contribution in [1.29, 1.82) is 0 Å². The highest BCUT2D eigenvalue weighted by Crippen LogP contribution is 2.32. The normalized spacial score (nSPS) is 13.1. The number of halogens is 7. The van der Waals surface area contributed by atoms with Gasteiger partial charge in [0.2, 0.25) is 0 Å². The summed E-state index contributed by atoms with van der Waals surface area (Å²) in [4.78, 5) is 19.0. The fourth-order valence-electron chi connectivity index (χ4n) is 2.73. The van der Waals surface area contributed by atoms with Crippen LogP contribution in [0.25, 0.3) is 5.82 Å². The van der Waals surface area contributed by atoms with Crippen molar-refractivity contribution in [3.8, 4) is 5.82 Å². The number of carbonyl (C=O) groups excluding carboxylic acids is 1. The van der Waals surface area contributed by atoms with Crippen molar-refractivity contribution in [2.24, 2.45) is 0 Å². The number of alkyl halides is 6. The summed E-state index contributed by atoms with van der Waals surface area (Å²) in [6.07, 6.45) is -2.98. The number of sulfone groups is 1. The molecule has 2 heterocycles. The molecule has 3 aromatic rings. The van der Waals surface area contributed by atoms with Gasteiger partial charge in [-0.25, -0.2) is 18.4 Å². The van der Waals surface area contributed by atoms with Crippen LogP contribution in [0.4, 0.5) is 26.3 Å². The van der Waals surface area contributed by atoms with Gasteiger partial charge in [0, 0.05) is 16.8 Å². The summed E-state index contributed by atoms with van der Waals surface area (Å²) in [5.74, 6) is -1.03. The molecule has 0 spiro atoms. The molecule has 1 N–H and O–H groups in total. The average Bonchev–Trinajstić information content (AvgIpc) is 3.22. The molecule has 35 heavy (non-hydrogen) atoms. The zero-order chi connectivity index (χ0) is 25.5. The molecule has 0 radical (unpaired) electrons. The van der Waals surface area contributed by atoms with E-state index >= 15 is 0 Å². The zero-order valence-electron chi connectivity index (χ0n) is 17.2. The molecule has 0 fully saturated rings. The molecule has 1 amide bonds. The largest absolute Gasteiger partial charge is 0.501 e. The topological polar surface area (TPSA) is 107 Å². The Balaban J connectivity index is 0.00000432. The number of aromatic nitrogens is 4. The molecule has 17 heteroatoms. The lowest BCUT2D eigenvalue weighted by molar-refractivity contribution is -0.137. The van der Waals surface area contributed by atoms with Crippen molar-refractivity contribution < 1.29 is 39.6 Å². The van der Waals surface area contributed by atoms with Gasteiger partial charge in [0.1, 0.15) is 6.33 Å². The van der Waals surface area contributed by atoms with Crippen LogP contribution in [0.3, 0.4) is 0 Å². The SMILES string of the molecule is C[C@@H](NC(=O)c1cc(Cl)cc(S(=O)(=O)C(F)(F)F)c1)c1ncnn1-c1ccc(C(F)(F)F)cn1.S. The van der Waals surface area contributed by atoms with Crippen LogP contribution in [0.2, 0.25) is 5.02 Å². The Kier molecular flexibility index (Phi) is 8.13. The highest BCUT2D eigenvalue weighted by Gasteiger charge is 2.47. The predicted molar refractivity (Wildman–Crippen MR) is 115 cm³/mol. The summed E-state index contributed by atoms with van der Waals surface area (Å²) in [5, 5.41) is 5.81. The first-order chi connectivity index (χ1) is 15.6. The van der Waals surface area contributed by atoms with Crippen LogP contribution in [0.1, 0.15) is 34.7 Å². The van der Waals surface area contributed by atoms with Crippen molar-refractivity contribution in [3.63, 3.8) is 0 Å². The van der Waals surface area contributed by atoms with Crippen molar-refractivity contribution in [3.05, 3.63) is 64.8 Å². The van der Waals surface area contributed by atoms with E-state index in [9.17, 15) is 39.6 Å². The molecular formula is C18H14ClF6N5O3S2. The number of hydrogen-bond acceptors (Lipinski definition) is 6. The lowest BCUT2D eigenvalue weighted by atomic mass is 10.2. The Morgan fingerprint density at radius 1 is 1.09 bits per heavy atom. The van der Waals surface area contributed by atoms with Crippen LogP contribution in [-0.4, -0.2) is 39.6 Å². The van der Waals surface area contributed by atoms with E-state index in [0.717, 1.165) is 29.2 Å². The Bertz CT molecular complexity index is 1330. The fraction of sp³-hybridized carbons (Fsp3) is 0.222. The van der Waals surface area contributed by atoms with Gasteiger partial charge in [0.15, 0.2) is 11.6 Å². The quantitative estimate of drug-likeness (QED) is 0.467. The lowest BCUT2D eigenvalue weighted by Crippen LogP contribution is -2.29. The third-order valence-corrected chi connectivity index (χ3v) is 6.03. The summed E-state index contributed by atoms with van der Waals surface area (Å²) in [5.41, 5.74) is -7.09. The van der Waals surface area contributed by atoms with Crippen molar-refractivity contribution >= 4 is 40.8 Å². The van der Waals surface area contributed by atoms with Gasteiger partial charge in [0.25, 0.3) is 15.7 Å². The zero-order valence-corrected chi connectivity index (χ0v) is 19.8. The highest BCUT2D eigenvalue weighted by molar-refractivity contribution is 7.92. The maximum absolute atomic E-state index is 12.9. The molecule has 8 nitrogen and oxygen atoms in total. The molecule has 0 aliphatic rings.